The Balaban J connectivity index is 3.69. The van der Waals surface area contributed by atoms with Gasteiger partial charge < -0.3 is 14.2 Å². The van der Waals surface area contributed by atoms with Crippen molar-refractivity contribution in [3.63, 3.8) is 0 Å². The minimum absolute atomic E-state index is 0.619. The normalized spacial score (nSPS) is 12.7. The topological polar surface area (TPSA) is 27.7 Å². The second-order valence-electron chi connectivity index (χ2n) is 6.16. The van der Waals surface area contributed by atoms with Gasteiger partial charge in [0.05, 0.1) is 0 Å². The molecule has 1 unspecified atom stereocenters. The summed E-state index contributed by atoms with van der Waals surface area (Å²) in [6.07, 6.45) is 10.6. The van der Waals surface area contributed by atoms with Gasteiger partial charge >= 0.3 is 0 Å². The van der Waals surface area contributed by atoms with Crippen LogP contribution in [0.5, 0.6) is 0 Å². The van der Waals surface area contributed by atoms with Crippen LogP contribution >= 0.6 is 0 Å². The van der Waals surface area contributed by atoms with Gasteiger partial charge in [0, 0.05) is 39.6 Å². The van der Waals surface area contributed by atoms with E-state index in [2.05, 4.69) is 20.8 Å². The average molecular weight is 317 g/mol. The van der Waals surface area contributed by atoms with E-state index in [1.807, 2.05) is 0 Å². The quantitative estimate of drug-likeness (QED) is 0.324. The number of rotatable bonds is 18. The summed E-state index contributed by atoms with van der Waals surface area (Å²) in [6.45, 7) is 12.0. The van der Waals surface area contributed by atoms with Gasteiger partial charge in [-0.3, -0.25) is 0 Å². The molecule has 0 amide bonds. The fraction of sp³-hybridized carbons (Fsp3) is 1.00. The van der Waals surface area contributed by atoms with Crippen molar-refractivity contribution in [2.75, 3.05) is 39.6 Å². The molecule has 0 aliphatic heterocycles. The fourth-order valence-electron chi connectivity index (χ4n) is 2.23. The summed E-state index contributed by atoms with van der Waals surface area (Å²) < 4.78 is 17.2. The third kappa shape index (κ3) is 16.3. The maximum Gasteiger partial charge on any atom is 0.0495 e. The highest BCUT2D eigenvalue weighted by Gasteiger charge is 2.09. The largest absolute Gasteiger partial charge is 0.381 e. The first-order valence-corrected chi connectivity index (χ1v) is 9.58. The van der Waals surface area contributed by atoms with Crippen LogP contribution in [0.25, 0.3) is 0 Å². The van der Waals surface area contributed by atoms with Crippen molar-refractivity contribution in [2.24, 2.45) is 5.92 Å². The second-order valence-corrected chi connectivity index (χ2v) is 6.16. The van der Waals surface area contributed by atoms with Crippen molar-refractivity contribution >= 4 is 0 Å². The predicted molar refractivity (Wildman–Crippen MR) is 94.5 cm³/mol. The van der Waals surface area contributed by atoms with Gasteiger partial charge in [-0.2, -0.15) is 0 Å². The van der Waals surface area contributed by atoms with Crippen LogP contribution < -0.4 is 0 Å². The maximum absolute atomic E-state index is 5.81. The van der Waals surface area contributed by atoms with E-state index in [9.17, 15) is 0 Å². The first-order chi connectivity index (χ1) is 10.8. The van der Waals surface area contributed by atoms with Gasteiger partial charge in [0.25, 0.3) is 0 Å². The molecule has 0 radical (unpaired) electrons. The number of hydrogen-bond donors (Lipinski definition) is 0. The van der Waals surface area contributed by atoms with E-state index >= 15 is 0 Å². The molecule has 0 aliphatic carbocycles. The molecule has 0 aromatic carbocycles. The van der Waals surface area contributed by atoms with E-state index in [0.717, 1.165) is 52.5 Å². The van der Waals surface area contributed by atoms with Crippen LogP contribution in [0.15, 0.2) is 0 Å². The summed E-state index contributed by atoms with van der Waals surface area (Å²) in [7, 11) is 0. The molecule has 0 rings (SSSR count). The second kappa shape index (κ2) is 18.9. The zero-order valence-electron chi connectivity index (χ0n) is 15.4. The van der Waals surface area contributed by atoms with E-state index in [4.69, 9.17) is 14.2 Å². The van der Waals surface area contributed by atoms with Crippen LogP contribution in [0.2, 0.25) is 0 Å². The van der Waals surface area contributed by atoms with E-state index < -0.39 is 0 Å². The standard InChI is InChI=1S/C19H40O3/c1-4-7-13-20-16-10-11-19(18-22-15-9-6-3)12-17-21-14-8-5-2/h19H,4-18H2,1-3H3. The summed E-state index contributed by atoms with van der Waals surface area (Å²) in [4.78, 5) is 0. The van der Waals surface area contributed by atoms with Gasteiger partial charge in [-0.15, -0.1) is 0 Å². The van der Waals surface area contributed by atoms with Crippen LogP contribution in [0.3, 0.4) is 0 Å². The van der Waals surface area contributed by atoms with Crippen LogP contribution in [-0.4, -0.2) is 39.6 Å². The maximum atomic E-state index is 5.81. The molecule has 0 aromatic rings. The summed E-state index contributed by atoms with van der Waals surface area (Å²) in [5, 5.41) is 0. The molecule has 0 spiro atoms. The highest BCUT2D eigenvalue weighted by Crippen LogP contribution is 2.13. The Hall–Kier alpha value is -0.120. The highest BCUT2D eigenvalue weighted by molar-refractivity contribution is 4.59. The molecule has 0 heterocycles. The average Bonchev–Trinajstić information content (AvgIpc) is 2.53. The van der Waals surface area contributed by atoms with Crippen molar-refractivity contribution in [2.45, 2.75) is 78.6 Å². The van der Waals surface area contributed by atoms with E-state index in [-0.39, 0.29) is 0 Å². The van der Waals surface area contributed by atoms with Gasteiger partial charge in [-0.25, -0.2) is 0 Å². The number of ether oxygens (including phenoxy) is 3. The Morgan fingerprint density at radius 1 is 0.545 bits per heavy atom. The summed E-state index contributed by atoms with van der Waals surface area (Å²) in [6, 6.07) is 0. The third-order valence-electron chi connectivity index (χ3n) is 3.85. The van der Waals surface area contributed by atoms with Crippen molar-refractivity contribution in [3.05, 3.63) is 0 Å². The lowest BCUT2D eigenvalue weighted by atomic mass is 10.0. The Bertz CT molecular complexity index is 197. The van der Waals surface area contributed by atoms with Crippen LogP contribution in [0.1, 0.15) is 78.6 Å². The molecule has 3 nitrogen and oxygen atoms in total. The Kier molecular flexibility index (Phi) is 18.8. The zero-order chi connectivity index (χ0) is 16.3. The summed E-state index contributed by atoms with van der Waals surface area (Å²) in [5.74, 6) is 0.619. The smallest absolute Gasteiger partial charge is 0.0495 e. The molecule has 0 fully saturated rings. The van der Waals surface area contributed by atoms with Crippen molar-refractivity contribution in [3.8, 4) is 0 Å². The van der Waals surface area contributed by atoms with Crippen LogP contribution in [-0.2, 0) is 14.2 Å². The highest BCUT2D eigenvalue weighted by atomic mass is 16.5. The molecule has 0 aromatic heterocycles. The van der Waals surface area contributed by atoms with Crippen LogP contribution in [0, 0.1) is 5.92 Å². The predicted octanol–water partition coefficient (Wildman–Crippen LogP) is 5.22. The summed E-state index contributed by atoms with van der Waals surface area (Å²) in [5.41, 5.74) is 0. The SMILES string of the molecule is CCCCOCCCC(CCOCCCC)COCCCC. The first kappa shape index (κ1) is 21.9. The number of hydrogen-bond acceptors (Lipinski definition) is 3. The fourth-order valence-corrected chi connectivity index (χ4v) is 2.23. The molecule has 0 saturated heterocycles. The van der Waals surface area contributed by atoms with Gasteiger partial charge in [0.1, 0.15) is 0 Å². The molecule has 0 N–H and O–H groups in total. The molecule has 134 valence electrons. The molecule has 3 heteroatoms. The van der Waals surface area contributed by atoms with Crippen molar-refractivity contribution in [1.82, 2.24) is 0 Å². The monoisotopic (exact) mass is 316 g/mol. The van der Waals surface area contributed by atoms with E-state index in [0.29, 0.717) is 5.92 Å². The van der Waals surface area contributed by atoms with Crippen LogP contribution in [0.4, 0.5) is 0 Å². The van der Waals surface area contributed by atoms with Crippen molar-refractivity contribution < 1.29 is 14.2 Å². The molecule has 0 aliphatic rings. The molecule has 0 bridgehead atoms. The van der Waals surface area contributed by atoms with E-state index in [1.165, 1.54) is 44.9 Å². The van der Waals surface area contributed by atoms with Gasteiger partial charge in [0.15, 0.2) is 0 Å². The van der Waals surface area contributed by atoms with Gasteiger partial charge in [-0.05, 0) is 44.4 Å². The minimum atomic E-state index is 0.619. The van der Waals surface area contributed by atoms with Gasteiger partial charge in [-0.1, -0.05) is 40.0 Å². The minimum Gasteiger partial charge on any atom is -0.381 e. The zero-order valence-corrected chi connectivity index (χ0v) is 15.4. The molecular weight excluding hydrogens is 276 g/mol. The lowest BCUT2D eigenvalue weighted by molar-refractivity contribution is 0.0589. The Morgan fingerprint density at radius 2 is 1.05 bits per heavy atom. The molecule has 0 saturated carbocycles. The first-order valence-electron chi connectivity index (χ1n) is 9.58. The molecule has 22 heavy (non-hydrogen) atoms. The Morgan fingerprint density at radius 3 is 1.64 bits per heavy atom. The van der Waals surface area contributed by atoms with E-state index in [1.54, 1.807) is 0 Å². The molecular formula is C19H40O3. The summed E-state index contributed by atoms with van der Waals surface area (Å²) >= 11 is 0. The van der Waals surface area contributed by atoms with Gasteiger partial charge in [0.2, 0.25) is 0 Å². The molecule has 1 atom stereocenters. The lowest BCUT2D eigenvalue weighted by Gasteiger charge is -2.17. The number of unbranched alkanes of at least 4 members (excludes halogenated alkanes) is 3. The third-order valence-corrected chi connectivity index (χ3v) is 3.85. The Labute approximate surface area is 139 Å². The lowest BCUT2D eigenvalue weighted by Crippen LogP contribution is -2.14. The van der Waals surface area contributed by atoms with Crippen molar-refractivity contribution in [1.29, 1.82) is 0 Å².